The molecule has 0 radical (unpaired) electrons. The first-order valence-corrected chi connectivity index (χ1v) is 5.82. The molecule has 0 aromatic carbocycles. The van der Waals surface area contributed by atoms with Crippen LogP contribution < -0.4 is 0 Å². The SMILES string of the molecule is CC1(C)C(I)=CC2CC1C2(C)C. The minimum Gasteiger partial charge on any atom is -0.0710 e. The van der Waals surface area contributed by atoms with E-state index in [1.165, 1.54) is 6.42 Å². The van der Waals surface area contributed by atoms with Gasteiger partial charge in [-0.3, -0.25) is 0 Å². The lowest BCUT2D eigenvalue weighted by atomic mass is 9.44. The monoisotopic (exact) mass is 276 g/mol. The molecule has 68 valence electrons. The zero-order chi connectivity index (χ0) is 9.15. The number of hydrogen-bond donors (Lipinski definition) is 0. The van der Waals surface area contributed by atoms with Crippen LogP contribution in [0.25, 0.3) is 0 Å². The summed E-state index contributed by atoms with van der Waals surface area (Å²) in [6.45, 7) is 9.64. The van der Waals surface area contributed by atoms with E-state index in [2.05, 4.69) is 56.4 Å². The van der Waals surface area contributed by atoms with Crippen molar-refractivity contribution in [3.8, 4) is 0 Å². The van der Waals surface area contributed by atoms with Gasteiger partial charge in [-0.2, -0.15) is 0 Å². The predicted octanol–water partition coefficient (Wildman–Crippen LogP) is 4.01. The second-order valence-corrected chi connectivity index (χ2v) is 6.61. The summed E-state index contributed by atoms with van der Waals surface area (Å²) in [7, 11) is 0. The Morgan fingerprint density at radius 3 is 2.25 bits per heavy atom. The van der Waals surface area contributed by atoms with Gasteiger partial charge in [-0.1, -0.05) is 33.8 Å². The summed E-state index contributed by atoms with van der Waals surface area (Å²) in [6.07, 6.45) is 3.92. The third-order valence-electron chi connectivity index (χ3n) is 4.18. The van der Waals surface area contributed by atoms with Crippen molar-refractivity contribution in [1.82, 2.24) is 0 Å². The van der Waals surface area contributed by atoms with Crippen LogP contribution in [0.3, 0.4) is 0 Å². The molecule has 0 heterocycles. The first-order valence-electron chi connectivity index (χ1n) is 4.74. The average Bonchev–Trinajstić information content (AvgIpc) is 1.93. The van der Waals surface area contributed by atoms with Crippen LogP contribution in [0.4, 0.5) is 0 Å². The Hall–Kier alpha value is 0.470. The summed E-state index contributed by atoms with van der Waals surface area (Å²) in [5.41, 5.74) is 1.01. The van der Waals surface area contributed by atoms with Gasteiger partial charge in [0, 0.05) is 0 Å². The molecular weight excluding hydrogens is 259 g/mol. The first-order chi connectivity index (χ1) is 5.37. The highest BCUT2D eigenvalue weighted by molar-refractivity contribution is 14.1. The van der Waals surface area contributed by atoms with E-state index in [0.717, 1.165) is 11.8 Å². The van der Waals surface area contributed by atoms with Crippen molar-refractivity contribution < 1.29 is 0 Å². The highest BCUT2D eigenvalue weighted by Gasteiger charge is 2.57. The quantitative estimate of drug-likeness (QED) is 0.586. The lowest BCUT2D eigenvalue weighted by Gasteiger charge is -2.61. The van der Waals surface area contributed by atoms with Gasteiger partial charge in [-0.05, 0) is 55.3 Å². The van der Waals surface area contributed by atoms with E-state index in [9.17, 15) is 0 Å². The van der Waals surface area contributed by atoms with Crippen molar-refractivity contribution in [2.24, 2.45) is 22.7 Å². The molecule has 2 bridgehead atoms. The van der Waals surface area contributed by atoms with Crippen LogP contribution in [-0.2, 0) is 0 Å². The fourth-order valence-electron chi connectivity index (χ4n) is 3.02. The van der Waals surface area contributed by atoms with Gasteiger partial charge in [0.2, 0.25) is 0 Å². The topological polar surface area (TPSA) is 0 Å². The predicted molar refractivity (Wildman–Crippen MR) is 61.3 cm³/mol. The van der Waals surface area contributed by atoms with Gasteiger partial charge in [0.15, 0.2) is 0 Å². The summed E-state index contributed by atoms with van der Waals surface area (Å²) in [4.78, 5) is 0. The molecule has 3 aliphatic carbocycles. The van der Waals surface area contributed by atoms with Crippen LogP contribution >= 0.6 is 22.6 Å². The lowest BCUT2D eigenvalue weighted by Crippen LogP contribution is -2.54. The standard InChI is InChI=1S/C11H17I/c1-10(2)7-5-8(10)11(3,4)9(12)6-7/h6-8H,5H2,1-4H3. The molecule has 3 aliphatic rings. The van der Waals surface area contributed by atoms with Crippen molar-refractivity contribution in [3.63, 3.8) is 0 Å². The number of halogens is 1. The van der Waals surface area contributed by atoms with Crippen molar-refractivity contribution in [3.05, 3.63) is 9.66 Å². The molecule has 0 aromatic rings. The minimum atomic E-state index is 0.443. The molecule has 0 aromatic heterocycles. The van der Waals surface area contributed by atoms with Gasteiger partial charge in [-0.25, -0.2) is 0 Å². The summed E-state index contributed by atoms with van der Waals surface area (Å²) >= 11 is 2.52. The largest absolute Gasteiger partial charge is 0.0710 e. The fourth-order valence-corrected chi connectivity index (χ4v) is 3.83. The molecule has 1 saturated carbocycles. The smallest absolute Gasteiger partial charge is 0.00149 e. The van der Waals surface area contributed by atoms with Gasteiger partial charge in [0.1, 0.15) is 0 Å². The van der Waals surface area contributed by atoms with Crippen LogP contribution in [0.2, 0.25) is 0 Å². The number of hydrogen-bond acceptors (Lipinski definition) is 0. The molecule has 2 unspecified atom stereocenters. The Labute approximate surface area is 88.9 Å². The summed E-state index contributed by atoms with van der Waals surface area (Å²) in [5.74, 6) is 1.77. The van der Waals surface area contributed by atoms with Crippen molar-refractivity contribution in [1.29, 1.82) is 0 Å². The van der Waals surface area contributed by atoms with Crippen LogP contribution in [0.15, 0.2) is 9.66 Å². The second kappa shape index (κ2) is 2.28. The Morgan fingerprint density at radius 1 is 1.33 bits per heavy atom. The zero-order valence-electron chi connectivity index (χ0n) is 8.32. The summed E-state index contributed by atoms with van der Waals surface area (Å²) in [5, 5.41) is 0. The van der Waals surface area contributed by atoms with Crippen LogP contribution in [0, 0.1) is 22.7 Å². The second-order valence-electron chi connectivity index (χ2n) is 5.45. The Kier molecular flexibility index (Phi) is 1.72. The Balaban J connectivity index is 2.42. The summed E-state index contributed by atoms with van der Waals surface area (Å²) in [6, 6.07) is 0. The van der Waals surface area contributed by atoms with Gasteiger partial charge >= 0.3 is 0 Å². The minimum absolute atomic E-state index is 0.443. The molecule has 1 fully saturated rings. The van der Waals surface area contributed by atoms with E-state index in [4.69, 9.17) is 0 Å². The van der Waals surface area contributed by atoms with Gasteiger partial charge in [0.25, 0.3) is 0 Å². The molecule has 0 nitrogen and oxygen atoms in total. The zero-order valence-corrected chi connectivity index (χ0v) is 10.5. The van der Waals surface area contributed by atoms with Crippen molar-refractivity contribution in [2.45, 2.75) is 34.1 Å². The van der Waals surface area contributed by atoms with E-state index in [1.54, 1.807) is 3.58 Å². The molecule has 0 N–H and O–H groups in total. The van der Waals surface area contributed by atoms with E-state index in [-0.39, 0.29) is 0 Å². The van der Waals surface area contributed by atoms with Crippen LogP contribution in [0.5, 0.6) is 0 Å². The normalized spacial score (nSPS) is 41.6. The average molecular weight is 276 g/mol. The molecule has 2 atom stereocenters. The number of rotatable bonds is 0. The van der Waals surface area contributed by atoms with Gasteiger partial charge in [-0.15, -0.1) is 0 Å². The molecule has 0 spiro atoms. The highest BCUT2D eigenvalue weighted by atomic mass is 127. The third kappa shape index (κ3) is 0.891. The molecule has 0 aliphatic heterocycles. The number of fused-ring (bicyclic) bond motifs is 1. The first kappa shape index (κ1) is 9.04. The van der Waals surface area contributed by atoms with Crippen LogP contribution in [-0.4, -0.2) is 0 Å². The maximum absolute atomic E-state index is 2.52. The van der Waals surface area contributed by atoms with E-state index < -0.39 is 0 Å². The molecule has 1 heteroatoms. The highest BCUT2D eigenvalue weighted by Crippen LogP contribution is 2.66. The molecule has 12 heavy (non-hydrogen) atoms. The summed E-state index contributed by atoms with van der Waals surface area (Å²) < 4.78 is 1.58. The lowest BCUT2D eigenvalue weighted by molar-refractivity contribution is -0.0649. The Bertz CT molecular complexity index is 248. The third-order valence-corrected chi connectivity index (χ3v) is 5.93. The fraction of sp³-hybridized carbons (Fsp3) is 0.818. The van der Waals surface area contributed by atoms with E-state index in [0.29, 0.717) is 10.8 Å². The Morgan fingerprint density at radius 2 is 1.92 bits per heavy atom. The maximum atomic E-state index is 2.52. The van der Waals surface area contributed by atoms with Crippen LogP contribution in [0.1, 0.15) is 34.1 Å². The maximum Gasteiger partial charge on any atom is -0.00149 e. The molecule has 0 amide bonds. The van der Waals surface area contributed by atoms with E-state index >= 15 is 0 Å². The molecular formula is C11H17I. The molecule has 0 saturated heterocycles. The van der Waals surface area contributed by atoms with E-state index in [1.807, 2.05) is 0 Å². The number of allylic oxidation sites excluding steroid dienone is 2. The molecule has 3 rings (SSSR count). The van der Waals surface area contributed by atoms with Crippen molar-refractivity contribution in [2.75, 3.05) is 0 Å². The van der Waals surface area contributed by atoms with Gasteiger partial charge < -0.3 is 0 Å². The van der Waals surface area contributed by atoms with Gasteiger partial charge in [0.05, 0.1) is 0 Å². The van der Waals surface area contributed by atoms with Crippen molar-refractivity contribution >= 4 is 22.6 Å².